The zero-order chi connectivity index (χ0) is 13.1. The van der Waals surface area contributed by atoms with Crippen LogP contribution in [-0.2, 0) is 9.59 Å². The second-order valence-corrected chi connectivity index (χ2v) is 3.84. The molecule has 1 aliphatic rings. The summed E-state index contributed by atoms with van der Waals surface area (Å²) in [5.74, 6) is 1.43. The molecule has 98 valence electrons. The van der Waals surface area contributed by atoms with E-state index in [1.807, 2.05) is 25.5 Å². The van der Waals surface area contributed by atoms with E-state index in [9.17, 15) is 4.79 Å². The van der Waals surface area contributed by atoms with E-state index in [2.05, 4.69) is 13.8 Å². The first-order valence-corrected chi connectivity index (χ1v) is 5.92. The van der Waals surface area contributed by atoms with Crippen molar-refractivity contribution in [2.24, 2.45) is 17.6 Å². The number of hydrogen-bond acceptors (Lipinski definition) is 3. The van der Waals surface area contributed by atoms with E-state index in [1.54, 1.807) is 0 Å². The Morgan fingerprint density at radius 3 is 2.31 bits per heavy atom. The van der Waals surface area contributed by atoms with Gasteiger partial charge in [0.15, 0.2) is 0 Å². The smallest absolute Gasteiger partial charge is 0.222 e. The molecule has 1 rings (SSSR count). The lowest BCUT2D eigenvalue weighted by molar-refractivity contribution is -0.127. The summed E-state index contributed by atoms with van der Waals surface area (Å²) >= 11 is 0. The average molecular weight is 232 g/mol. The monoisotopic (exact) mass is 232 g/mol. The van der Waals surface area contributed by atoms with Gasteiger partial charge in [0.1, 0.15) is 6.79 Å². The van der Waals surface area contributed by atoms with Crippen molar-refractivity contribution in [3.8, 4) is 0 Å². The number of hydrogen-bond donors (Lipinski definition) is 1. The highest BCUT2D eigenvalue weighted by Crippen LogP contribution is 2.23. The van der Waals surface area contributed by atoms with Crippen LogP contribution in [0.25, 0.3) is 0 Å². The van der Waals surface area contributed by atoms with Crippen LogP contribution in [0.15, 0.2) is 0 Å². The van der Waals surface area contributed by atoms with Gasteiger partial charge in [-0.3, -0.25) is 4.79 Å². The van der Waals surface area contributed by atoms with E-state index in [0.717, 1.165) is 19.5 Å². The normalized spacial score (nSPS) is 18.8. The molecule has 1 fully saturated rings. The molecular formula is C12H28N2O2. The minimum absolute atomic E-state index is 0. The van der Waals surface area contributed by atoms with Crippen LogP contribution in [0.4, 0.5) is 0 Å². The van der Waals surface area contributed by atoms with Crippen molar-refractivity contribution in [1.82, 2.24) is 4.90 Å². The van der Waals surface area contributed by atoms with Crippen molar-refractivity contribution in [3.05, 3.63) is 0 Å². The van der Waals surface area contributed by atoms with Gasteiger partial charge in [-0.15, -0.1) is 0 Å². The van der Waals surface area contributed by atoms with Gasteiger partial charge in [0.05, 0.1) is 0 Å². The summed E-state index contributed by atoms with van der Waals surface area (Å²) < 4.78 is 0. The van der Waals surface area contributed by atoms with Gasteiger partial charge in [-0.2, -0.15) is 0 Å². The number of nitrogens with two attached hydrogens (primary N) is 1. The summed E-state index contributed by atoms with van der Waals surface area (Å²) in [6, 6.07) is 0. The summed E-state index contributed by atoms with van der Waals surface area (Å²) in [6.45, 7) is 12.6. The predicted octanol–water partition coefficient (Wildman–Crippen LogP) is 1.54. The molecule has 0 aromatic carbocycles. The van der Waals surface area contributed by atoms with Crippen LogP contribution in [0.1, 0.15) is 35.5 Å². The molecule has 0 aromatic rings. The van der Waals surface area contributed by atoms with Crippen molar-refractivity contribution >= 4 is 12.7 Å². The summed E-state index contributed by atoms with van der Waals surface area (Å²) in [4.78, 5) is 21.2. The molecule has 1 heterocycles. The number of carbonyl (C=O) groups is 2. The molecule has 1 amide bonds. The number of carbonyl (C=O) groups excluding carboxylic acids is 2. The van der Waals surface area contributed by atoms with Gasteiger partial charge in [-0.1, -0.05) is 27.7 Å². The summed E-state index contributed by atoms with van der Waals surface area (Å²) in [5.41, 5.74) is 5.40. The Hall–Kier alpha value is -0.900. The fourth-order valence-corrected chi connectivity index (χ4v) is 1.62. The Kier molecular flexibility index (Phi) is 11.6. The largest absolute Gasteiger partial charge is 0.341 e. The molecule has 1 saturated heterocycles. The van der Waals surface area contributed by atoms with E-state index >= 15 is 0 Å². The molecule has 2 N–H and O–H groups in total. The van der Waals surface area contributed by atoms with Crippen LogP contribution in [-0.4, -0.2) is 37.2 Å². The van der Waals surface area contributed by atoms with Gasteiger partial charge in [0.25, 0.3) is 0 Å². The first-order valence-electron chi connectivity index (χ1n) is 5.92. The topological polar surface area (TPSA) is 63.4 Å². The summed E-state index contributed by atoms with van der Waals surface area (Å²) in [6.07, 6.45) is 0.720. The zero-order valence-corrected chi connectivity index (χ0v) is 11.0. The van der Waals surface area contributed by atoms with E-state index in [1.165, 1.54) is 0 Å². The first-order chi connectivity index (χ1) is 7.65. The average Bonchev–Trinajstić information content (AvgIpc) is 2.67. The summed E-state index contributed by atoms with van der Waals surface area (Å²) in [5, 5.41) is 0. The van der Waals surface area contributed by atoms with Gasteiger partial charge >= 0.3 is 0 Å². The van der Waals surface area contributed by atoms with Crippen LogP contribution in [0.2, 0.25) is 0 Å². The molecule has 1 aliphatic heterocycles. The Bertz CT molecular complexity index is 189. The molecule has 1 atom stereocenters. The van der Waals surface area contributed by atoms with Crippen molar-refractivity contribution in [2.75, 3.05) is 19.6 Å². The molecule has 1 unspecified atom stereocenters. The van der Waals surface area contributed by atoms with Crippen LogP contribution >= 0.6 is 0 Å². The molecule has 0 bridgehead atoms. The molecule has 0 spiro atoms. The highest BCUT2D eigenvalue weighted by atomic mass is 16.2. The van der Waals surface area contributed by atoms with Gasteiger partial charge in [0, 0.05) is 27.5 Å². The van der Waals surface area contributed by atoms with Gasteiger partial charge in [0.2, 0.25) is 5.91 Å². The highest BCUT2D eigenvalue weighted by molar-refractivity contribution is 5.78. The number of likely N-dealkylation sites (tertiary alicyclic amines) is 1. The second-order valence-electron chi connectivity index (χ2n) is 3.84. The Morgan fingerprint density at radius 1 is 1.50 bits per heavy atom. The molecule has 16 heavy (non-hydrogen) atoms. The Morgan fingerprint density at radius 2 is 2.00 bits per heavy atom. The van der Waals surface area contributed by atoms with Gasteiger partial charge in [-0.25, -0.2) is 0 Å². The van der Waals surface area contributed by atoms with Crippen molar-refractivity contribution in [1.29, 1.82) is 0 Å². The first kappa shape index (κ1) is 17.5. The molecule has 4 heteroatoms. The van der Waals surface area contributed by atoms with Crippen LogP contribution in [0, 0.1) is 11.8 Å². The van der Waals surface area contributed by atoms with Crippen molar-refractivity contribution < 1.29 is 11.0 Å². The molecular weight excluding hydrogens is 204 g/mol. The Labute approximate surface area is 101 Å². The maximum atomic E-state index is 11.3. The number of nitrogens with zero attached hydrogens (tertiary/aromatic N) is 1. The van der Waals surface area contributed by atoms with Crippen molar-refractivity contribution in [3.63, 3.8) is 0 Å². The summed E-state index contributed by atoms with van der Waals surface area (Å²) in [7, 11) is 0. The molecule has 0 aromatic heterocycles. The highest BCUT2D eigenvalue weighted by Gasteiger charge is 2.30. The van der Waals surface area contributed by atoms with E-state index in [0.29, 0.717) is 18.4 Å². The maximum Gasteiger partial charge on any atom is 0.222 e. The van der Waals surface area contributed by atoms with E-state index in [-0.39, 0.29) is 7.33 Å². The minimum atomic E-state index is 0. The molecule has 4 nitrogen and oxygen atoms in total. The number of amides is 1. The van der Waals surface area contributed by atoms with Crippen LogP contribution in [0.5, 0.6) is 0 Å². The van der Waals surface area contributed by atoms with E-state index in [4.69, 9.17) is 10.5 Å². The van der Waals surface area contributed by atoms with Crippen LogP contribution in [0.3, 0.4) is 0 Å². The SMILES string of the molecule is C=O.CC.CC(C)C1CC(=O)N(CCN)C1.[HH]. The third-order valence-corrected chi connectivity index (χ3v) is 2.59. The second kappa shape index (κ2) is 10.6. The van der Waals surface area contributed by atoms with Crippen LogP contribution < -0.4 is 5.73 Å². The zero-order valence-electron chi connectivity index (χ0n) is 11.0. The quantitative estimate of drug-likeness (QED) is 0.802. The Balaban J connectivity index is -0.000000355. The van der Waals surface area contributed by atoms with Gasteiger partial charge in [-0.05, 0) is 11.8 Å². The maximum absolute atomic E-state index is 11.3. The minimum Gasteiger partial charge on any atom is -0.341 e. The lowest BCUT2D eigenvalue weighted by Crippen LogP contribution is -2.31. The third kappa shape index (κ3) is 5.85. The lowest BCUT2D eigenvalue weighted by Gasteiger charge is -2.16. The molecule has 0 radical (unpaired) electrons. The fraction of sp³-hybridized carbons (Fsp3) is 0.833. The lowest BCUT2D eigenvalue weighted by atomic mass is 9.95. The molecule has 0 saturated carbocycles. The molecule has 0 aliphatic carbocycles. The van der Waals surface area contributed by atoms with Crippen molar-refractivity contribution in [2.45, 2.75) is 34.1 Å². The van der Waals surface area contributed by atoms with E-state index < -0.39 is 0 Å². The fourth-order valence-electron chi connectivity index (χ4n) is 1.62. The third-order valence-electron chi connectivity index (χ3n) is 2.59. The number of rotatable bonds is 3. The van der Waals surface area contributed by atoms with Gasteiger partial charge < -0.3 is 15.4 Å². The standard InChI is InChI=1S/C9H18N2O.C2H6.CH2O.H2/c1-7(2)8-5-9(12)11(6-8)4-3-10;2*1-2;/h7-8H,3-6,10H2,1-2H3;1-2H3;1H2;1H. The predicted molar refractivity (Wildman–Crippen MR) is 69.2 cm³/mol.